The second kappa shape index (κ2) is 8.35. The molecule has 1 N–H and O–H groups in total. The molecule has 27 heavy (non-hydrogen) atoms. The largest absolute Gasteiger partial charge is 0.325 e. The Morgan fingerprint density at radius 3 is 2.00 bits per heavy atom. The van der Waals surface area contributed by atoms with Crippen molar-refractivity contribution in [1.82, 2.24) is 0 Å². The number of ketones is 1. The minimum Gasteiger partial charge on any atom is -0.325 e. The Morgan fingerprint density at radius 1 is 1.00 bits per heavy atom. The van der Waals surface area contributed by atoms with Crippen molar-refractivity contribution < 1.29 is 18.0 Å². The van der Waals surface area contributed by atoms with Crippen LogP contribution in [-0.4, -0.2) is 32.9 Å². The second-order valence-electron chi connectivity index (χ2n) is 6.70. The number of nitrogens with zero attached hydrogens (tertiary/aromatic N) is 1. The van der Waals surface area contributed by atoms with Crippen LogP contribution in [0.2, 0.25) is 0 Å². The first-order valence-electron chi connectivity index (χ1n) is 8.56. The molecule has 0 bridgehead atoms. The first-order chi connectivity index (χ1) is 12.6. The monoisotopic (exact) mass is 388 g/mol. The van der Waals surface area contributed by atoms with E-state index in [-0.39, 0.29) is 12.3 Å². The van der Waals surface area contributed by atoms with E-state index in [1.54, 1.807) is 24.3 Å². The molecule has 1 amide bonds. The van der Waals surface area contributed by atoms with Crippen LogP contribution in [0.5, 0.6) is 0 Å². The zero-order valence-electron chi connectivity index (χ0n) is 15.9. The summed E-state index contributed by atoms with van der Waals surface area (Å²) < 4.78 is 25.3. The molecule has 0 spiro atoms. The summed E-state index contributed by atoms with van der Waals surface area (Å²) in [6.07, 6.45) is 1.04. The Morgan fingerprint density at radius 2 is 1.56 bits per heavy atom. The van der Waals surface area contributed by atoms with Crippen molar-refractivity contribution >= 4 is 33.1 Å². The predicted octanol–water partition coefficient (Wildman–Crippen LogP) is 3.42. The average molecular weight is 388 g/mol. The molecule has 0 atom stereocenters. The molecule has 0 radical (unpaired) electrons. The minimum atomic E-state index is -3.67. The number of amides is 1. The van der Waals surface area contributed by atoms with Crippen LogP contribution in [-0.2, 0) is 14.8 Å². The lowest BCUT2D eigenvalue weighted by Crippen LogP contribution is -2.37. The van der Waals surface area contributed by atoms with Gasteiger partial charge in [0, 0.05) is 11.3 Å². The third kappa shape index (κ3) is 5.65. The standard InChI is InChI=1S/C20H24N2O4S/c1-14(2)16-5-9-18(10-6-16)21-20(24)13-22(27(4,25)26)19-11-7-17(8-12-19)15(3)23/h5-12,14H,13H2,1-4H3,(H,21,24). The number of anilines is 2. The number of Topliss-reactive ketones (excluding diaryl/α,β-unsaturated/α-hetero) is 1. The van der Waals surface area contributed by atoms with Gasteiger partial charge in [0.25, 0.3) is 0 Å². The van der Waals surface area contributed by atoms with Gasteiger partial charge in [-0.05, 0) is 54.8 Å². The third-order valence-corrected chi connectivity index (χ3v) is 5.25. The molecule has 0 aliphatic rings. The second-order valence-corrected chi connectivity index (χ2v) is 8.60. The third-order valence-electron chi connectivity index (χ3n) is 4.11. The van der Waals surface area contributed by atoms with Crippen LogP contribution >= 0.6 is 0 Å². The highest BCUT2D eigenvalue weighted by atomic mass is 32.2. The molecule has 2 rings (SSSR count). The molecule has 0 saturated heterocycles. The van der Waals surface area contributed by atoms with E-state index in [0.717, 1.165) is 16.1 Å². The van der Waals surface area contributed by atoms with Crippen molar-refractivity contribution in [2.24, 2.45) is 0 Å². The summed E-state index contributed by atoms with van der Waals surface area (Å²) in [5.74, 6) is -0.183. The summed E-state index contributed by atoms with van der Waals surface area (Å²) in [6.45, 7) is 5.23. The van der Waals surface area contributed by atoms with E-state index in [1.807, 2.05) is 12.1 Å². The average Bonchev–Trinajstić information content (AvgIpc) is 2.59. The Bertz CT molecular complexity index is 917. The molecule has 0 aromatic heterocycles. The van der Waals surface area contributed by atoms with Crippen molar-refractivity contribution in [2.75, 3.05) is 22.4 Å². The molecule has 0 saturated carbocycles. The van der Waals surface area contributed by atoms with Gasteiger partial charge >= 0.3 is 0 Å². The Hall–Kier alpha value is -2.67. The van der Waals surface area contributed by atoms with Crippen LogP contribution in [0.15, 0.2) is 48.5 Å². The summed E-state index contributed by atoms with van der Waals surface area (Å²) in [5.41, 5.74) is 2.55. The van der Waals surface area contributed by atoms with Crippen molar-refractivity contribution in [3.05, 3.63) is 59.7 Å². The Kier molecular flexibility index (Phi) is 6.38. The molecule has 6 nitrogen and oxygen atoms in total. The van der Waals surface area contributed by atoms with Gasteiger partial charge in [0.15, 0.2) is 5.78 Å². The van der Waals surface area contributed by atoms with Gasteiger partial charge in [-0.15, -0.1) is 0 Å². The zero-order valence-corrected chi connectivity index (χ0v) is 16.7. The number of sulfonamides is 1. The van der Waals surface area contributed by atoms with Crippen LogP contribution in [0.25, 0.3) is 0 Å². The van der Waals surface area contributed by atoms with Crippen molar-refractivity contribution in [1.29, 1.82) is 0 Å². The van der Waals surface area contributed by atoms with Crippen LogP contribution < -0.4 is 9.62 Å². The van der Waals surface area contributed by atoms with Crippen LogP contribution in [0.4, 0.5) is 11.4 Å². The SMILES string of the molecule is CC(=O)c1ccc(N(CC(=O)Nc2ccc(C(C)C)cc2)S(C)(=O)=O)cc1. The molecular formula is C20H24N2O4S. The molecule has 2 aromatic rings. The fourth-order valence-electron chi connectivity index (χ4n) is 2.54. The van der Waals surface area contributed by atoms with Gasteiger partial charge in [-0.25, -0.2) is 8.42 Å². The summed E-state index contributed by atoms with van der Waals surface area (Å²) >= 11 is 0. The molecular weight excluding hydrogens is 364 g/mol. The predicted molar refractivity (Wildman–Crippen MR) is 108 cm³/mol. The van der Waals surface area contributed by atoms with Gasteiger partial charge < -0.3 is 5.32 Å². The van der Waals surface area contributed by atoms with Gasteiger partial charge in [0.05, 0.1) is 11.9 Å². The Balaban J connectivity index is 2.16. The number of hydrogen-bond donors (Lipinski definition) is 1. The molecule has 7 heteroatoms. The quantitative estimate of drug-likeness (QED) is 0.737. The van der Waals surface area contributed by atoms with Crippen molar-refractivity contribution in [2.45, 2.75) is 26.7 Å². The van der Waals surface area contributed by atoms with E-state index in [1.165, 1.54) is 19.1 Å². The number of nitrogens with one attached hydrogen (secondary N) is 1. The zero-order chi connectivity index (χ0) is 20.2. The summed E-state index contributed by atoms with van der Waals surface area (Å²) in [7, 11) is -3.67. The molecule has 0 unspecified atom stereocenters. The van der Waals surface area contributed by atoms with Gasteiger partial charge in [0.2, 0.25) is 15.9 Å². The highest BCUT2D eigenvalue weighted by Gasteiger charge is 2.21. The van der Waals surface area contributed by atoms with E-state index < -0.39 is 15.9 Å². The molecule has 0 aliphatic carbocycles. The fourth-order valence-corrected chi connectivity index (χ4v) is 3.40. The fraction of sp³-hybridized carbons (Fsp3) is 0.300. The van der Waals surface area contributed by atoms with E-state index in [0.29, 0.717) is 22.9 Å². The van der Waals surface area contributed by atoms with E-state index in [9.17, 15) is 18.0 Å². The van der Waals surface area contributed by atoms with E-state index in [4.69, 9.17) is 0 Å². The maximum atomic E-state index is 12.4. The maximum Gasteiger partial charge on any atom is 0.245 e. The maximum absolute atomic E-state index is 12.4. The van der Waals surface area contributed by atoms with Crippen LogP contribution in [0.1, 0.15) is 42.6 Å². The van der Waals surface area contributed by atoms with Crippen molar-refractivity contribution in [3.63, 3.8) is 0 Å². The lowest BCUT2D eigenvalue weighted by Gasteiger charge is -2.22. The van der Waals surface area contributed by atoms with Gasteiger partial charge in [-0.1, -0.05) is 26.0 Å². The summed E-state index contributed by atoms with van der Waals surface area (Å²) in [6, 6.07) is 13.5. The van der Waals surface area contributed by atoms with Crippen molar-refractivity contribution in [3.8, 4) is 0 Å². The topological polar surface area (TPSA) is 83.6 Å². The molecule has 0 aliphatic heterocycles. The van der Waals surface area contributed by atoms with E-state index >= 15 is 0 Å². The number of benzene rings is 2. The Labute approximate surface area is 160 Å². The molecule has 0 heterocycles. The van der Waals surface area contributed by atoms with Gasteiger partial charge in [-0.2, -0.15) is 0 Å². The number of carbonyl (C=O) groups excluding carboxylic acids is 2. The number of rotatable bonds is 7. The summed E-state index contributed by atoms with van der Waals surface area (Å²) in [5, 5.41) is 2.71. The van der Waals surface area contributed by atoms with E-state index in [2.05, 4.69) is 19.2 Å². The lowest BCUT2D eigenvalue weighted by atomic mass is 10.0. The molecule has 2 aromatic carbocycles. The van der Waals surface area contributed by atoms with Crippen LogP contribution in [0, 0.1) is 0 Å². The van der Waals surface area contributed by atoms with Gasteiger partial charge in [0.1, 0.15) is 6.54 Å². The normalized spacial score (nSPS) is 11.3. The lowest BCUT2D eigenvalue weighted by molar-refractivity contribution is -0.114. The number of hydrogen-bond acceptors (Lipinski definition) is 4. The van der Waals surface area contributed by atoms with Gasteiger partial charge in [-0.3, -0.25) is 13.9 Å². The number of carbonyl (C=O) groups is 2. The molecule has 0 fully saturated rings. The smallest absolute Gasteiger partial charge is 0.245 e. The first-order valence-corrected chi connectivity index (χ1v) is 10.4. The minimum absolute atomic E-state index is 0.116. The summed E-state index contributed by atoms with van der Waals surface area (Å²) in [4.78, 5) is 23.7. The first kappa shape index (κ1) is 20.6. The highest BCUT2D eigenvalue weighted by molar-refractivity contribution is 7.92. The van der Waals surface area contributed by atoms with Crippen LogP contribution in [0.3, 0.4) is 0 Å². The molecule has 144 valence electrons. The highest BCUT2D eigenvalue weighted by Crippen LogP contribution is 2.20.